The highest BCUT2D eigenvalue weighted by atomic mass is 19.1. The summed E-state index contributed by atoms with van der Waals surface area (Å²) >= 11 is 0. The third-order valence-corrected chi connectivity index (χ3v) is 6.67. The van der Waals surface area contributed by atoms with Gasteiger partial charge >= 0.3 is 0 Å². The van der Waals surface area contributed by atoms with E-state index >= 15 is 0 Å². The quantitative estimate of drug-likeness (QED) is 0.527. The number of rotatable bonds is 3. The number of carbonyl (C=O) groups excluding carboxylic acids is 1. The molecule has 32 heavy (non-hydrogen) atoms. The number of benzene rings is 1. The van der Waals surface area contributed by atoms with Crippen molar-refractivity contribution in [1.29, 1.82) is 0 Å². The number of halogens is 1. The lowest BCUT2D eigenvalue weighted by Crippen LogP contribution is -2.48. The van der Waals surface area contributed by atoms with Crippen LogP contribution in [0.25, 0.3) is 22.1 Å². The van der Waals surface area contributed by atoms with Gasteiger partial charge in [0.1, 0.15) is 23.7 Å². The second-order valence-electron chi connectivity index (χ2n) is 8.46. The summed E-state index contributed by atoms with van der Waals surface area (Å²) in [6.45, 7) is 2.10. The Morgan fingerprint density at radius 2 is 2.00 bits per heavy atom. The lowest BCUT2D eigenvalue weighted by Gasteiger charge is -2.35. The minimum Gasteiger partial charge on any atom is -0.356 e. The molecule has 0 saturated carbocycles. The fourth-order valence-electron chi connectivity index (χ4n) is 5.06. The molecular weight excluding hydrogens is 413 g/mol. The number of aromatic nitrogens is 5. The number of nitrogens with one attached hydrogen (secondary N) is 1. The number of hydrogen-bond acceptors (Lipinski definition) is 7. The topological polar surface area (TPSA) is 104 Å². The molecule has 1 amide bonds. The molecule has 1 atom stereocenters. The minimum atomic E-state index is -0.335. The molecule has 1 aromatic carbocycles. The smallest absolute Gasteiger partial charge is 0.245 e. The van der Waals surface area contributed by atoms with Gasteiger partial charge in [0.2, 0.25) is 5.91 Å². The van der Waals surface area contributed by atoms with E-state index in [1.54, 1.807) is 12.4 Å². The zero-order chi connectivity index (χ0) is 21.7. The maximum atomic E-state index is 13.4. The molecule has 2 saturated heterocycles. The van der Waals surface area contributed by atoms with Crippen molar-refractivity contribution in [2.75, 3.05) is 24.5 Å². The van der Waals surface area contributed by atoms with E-state index in [0.717, 1.165) is 54.6 Å². The number of carbonyl (C=O) groups is 1. The fourth-order valence-corrected chi connectivity index (χ4v) is 5.06. The Kier molecular flexibility index (Phi) is 4.51. The number of imidazole rings is 1. The zero-order valence-corrected chi connectivity index (χ0v) is 17.4. The molecule has 1 N–H and O–H groups in total. The molecule has 9 nitrogen and oxygen atoms in total. The Labute approximate surface area is 182 Å². The van der Waals surface area contributed by atoms with Crippen LogP contribution in [0.1, 0.15) is 37.3 Å². The Morgan fingerprint density at radius 3 is 2.88 bits per heavy atom. The van der Waals surface area contributed by atoms with E-state index in [-0.39, 0.29) is 23.7 Å². The predicted octanol–water partition coefficient (Wildman–Crippen LogP) is 3.01. The molecule has 0 spiro atoms. The van der Waals surface area contributed by atoms with Crippen LogP contribution in [0.4, 0.5) is 10.2 Å². The number of fused-ring (bicyclic) bond motifs is 2. The van der Waals surface area contributed by atoms with Gasteiger partial charge in [-0.25, -0.2) is 19.3 Å². The first-order valence-electron chi connectivity index (χ1n) is 10.9. The lowest BCUT2D eigenvalue weighted by atomic mass is 9.91. The van der Waals surface area contributed by atoms with Gasteiger partial charge in [-0.1, -0.05) is 5.16 Å². The van der Waals surface area contributed by atoms with Gasteiger partial charge in [-0.2, -0.15) is 0 Å². The third-order valence-electron chi connectivity index (χ3n) is 6.67. The lowest BCUT2D eigenvalue weighted by molar-refractivity contribution is -0.133. The van der Waals surface area contributed by atoms with Crippen LogP contribution in [0.2, 0.25) is 0 Å². The van der Waals surface area contributed by atoms with Crippen molar-refractivity contribution in [3.63, 3.8) is 0 Å². The first kappa shape index (κ1) is 19.1. The Bertz CT molecular complexity index is 1290. The number of aromatic amines is 1. The predicted molar refractivity (Wildman–Crippen MR) is 115 cm³/mol. The molecule has 2 fully saturated rings. The number of piperidine rings is 1. The van der Waals surface area contributed by atoms with E-state index < -0.39 is 0 Å². The van der Waals surface area contributed by atoms with Crippen LogP contribution in [-0.4, -0.2) is 61.6 Å². The summed E-state index contributed by atoms with van der Waals surface area (Å²) in [4.78, 5) is 33.4. The number of anilines is 1. The number of H-pyrrole nitrogens is 1. The number of amides is 1. The van der Waals surface area contributed by atoms with Crippen molar-refractivity contribution >= 4 is 33.9 Å². The maximum Gasteiger partial charge on any atom is 0.245 e. The van der Waals surface area contributed by atoms with Gasteiger partial charge in [0, 0.05) is 37.0 Å². The van der Waals surface area contributed by atoms with Gasteiger partial charge in [-0.15, -0.1) is 0 Å². The SMILES string of the molecule is O=C([C@H]1CCCN1c1ncnc2nc[nH]c12)N1CCC(c2noc3cc(F)ccc23)CC1. The summed E-state index contributed by atoms with van der Waals surface area (Å²) in [5.74, 6) is 0.730. The standard InChI is InChI=1S/C22H22FN7O2/c23-14-3-4-15-17(10-14)32-28-18(15)13-5-8-29(9-6-13)22(31)16-2-1-7-30(16)21-19-20(25-11-24-19)26-12-27-21/h3-4,10-13,16H,1-2,5-9H2,(H,24,25,26,27)/t16-/m1/s1. The van der Waals surface area contributed by atoms with Gasteiger partial charge in [-0.05, 0) is 37.8 Å². The molecular formula is C22H22FN7O2. The van der Waals surface area contributed by atoms with E-state index in [4.69, 9.17) is 4.52 Å². The molecule has 6 rings (SSSR count). The van der Waals surface area contributed by atoms with Crippen LogP contribution in [0.15, 0.2) is 35.4 Å². The summed E-state index contributed by atoms with van der Waals surface area (Å²) < 4.78 is 18.8. The summed E-state index contributed by atoms with van der Waals surface area (Å²) in [5.41, 5.74) is 2.70. The van der Waals surface area contributed by atoms with E-state index in [2.05, 4.69) is 30.0 Å². The molecule has 0 unspecified atom stereocenters. The Balaban J connectivity index is 1.18. The maximum absolute atomic E-state index is 13.4. The minimum absolute atomic E-state index is 0.138. The van der Waals surface area contributed by atoms with Gasteiger partial charge in [0.05, 0.1) is 12.0 Å². The zero-order valence-electron chi connectivity index (χ0n) is 17.4. The number of nitrogens with zero attached hydrogens (tertiary/aromatic N) is 6. The van der Waals surface area contributed by atoms with Gasteiger partial charge in [0.25, 0.3) is 0 Å². The molecule has 164 valence electrons. The van der Waals surface area contributed by atoms with E-state index in [1.165, 1.54) is 18.5 Å². The molecule has 0 bridgehead atoms. The first-order chi connectivity index (χ1) is 15.7. The summed E-state index contributed by atoms with van der Waals surface area (Å²) in [6, 6.07) is 4.29. The van der Waals surface area contributed by atoms with Crippen LogP contribution in [-0.2, 0) is 4.79 Å². The molecule has 0 aliphatic carbocycles. The van der Waals surface area contributed by atoms with Gasteiger partial charge in [-0.3, -0.25) is 4.79 Å². The van der Waals surface area contributed by atoms with Crippen LogP contribution >= 0.6 is 0 Å². The molecule has 3 aromatic heterocycles. The Hall–Kier alpha value is -3.56. The van der Waals surface area contributed by atoms with Crippen LogP contribution in [0, 0.1) is 5.82 Å². The number of likely N-dealkylation sites (tertiary alicyclic amines) is 1. The summed E-state index contributed by atoms with van der Waals surface area (Å²) in [7, 11) is 0. The van der Waals surface area contributed by atoms with E-state index in [9.17, 15) is 9.18 Å². The highest BCUT2D eigenvalue weighted by Crippen LogP contribution is 2.34. The fraction of sp³-hybridized carbons (Fsp3) is 0.409. The van der Waals surface area contributed by atoms with Crippen LogP contribution < -0.4 is 4.90 Å². The molecule has 2 aliphatic rings. The van der Waals surface area contributed by atoms with Crippen molar-refractivity contribution in [3.05, 3.63) is 42.4 Å². The Morgan fingerprint density at radius 1 is 1.12 bits per heavy atom. The molecule has 4 aromatic rings. The van der Waals surface area contributed by atoms with Crippen molar-refractivity contribution in [1.82, 2.24) is 30.0 Å². The summed E-state index contributed by atoms with van der Waals surface area (Å²) in [5, 5.41) is 5.06. The second kappa shape index (κ2) is 7.54. The third kappa shape index (κ3) is 3.09. The second-order valence-corrected chi connectivity index (χ2v) is 8.46. The highest BCUT2D eigenvalue weighted by Gasteiger charge is 2.37. The van der Waals surface area contributed by atoms with E-state index in [1.807, 2.05) is 4.90 Å². The molecule has 0 radical (unpaired) electrons. The summed E-state index contributed by atoms with van der Waals surface area (Å²) in [6.07, 6.45) is 6.44. The van der Waals surface area contributed by atoms with Crippen molar-refractivity contribution in [2.45, 2.75) is 37.6 Å². The van der Waals surface area contributed by atoms with Crippen molar-refractivity contribution < 1.29 is 13.7 Å². The molecule has 2 aliphatic heterocycles. The van der Waals surface area contributed by atoms with Crippen LogP contribution in [0.3, 0.4) is 0 Å². The average Bonchev–Trinajstić information content (AvgIpc) is 3.57. The molecule has 5 heterocycles. The highest BCUT2D eigenvalue weighted by molar-refractivity contribution is 5.90. The average molecular weight is 435 g/mol. The monoisotopic (exact) mass is 435 g/mol. The van der Waals surface area contributed by atoms with Crippen molar-refractivity contribution in [2.24, 2.45) is 0 Å². The van der Waals surface area contributed by atoms with Crippen LogP contribution in [0.5, 0.6) is 0 Å². The van der Waals surface area contributed by atoms with Crippen molar-refractivity contribution in [3.8, 4) is 0 Å². The molecule has 10 heteroatoms. The number of hydrogen-bond donors (Lipinski definition) is 1. The largest absolute Gasteiger partial charge is 0.356 e. The van der Waals surface area contributed by atoms with Gasteiger partial charge < -0.3 is 19.3 Å². The van der Waals surface area contributed by atoms with E-state index in [0.29, 0.717) is 24.3 Å². The first-order valence-corrected chi connectivity index (χ1v) is 10.9. The van der Waals surface area contributed by atoms with Gasteiger partial charge in [0.15, 0.2) is 17.0 Å². The normalized spacial score (nSPS) is 20.0.